The van der Waals surface area contributed by atoms with E-state index in [-0.39, 0.29) is 5.91 Å². The van der Waals surface area contributed by atoms with Crippen LogP contribution in [0.25, 0.3) is 0 Å². The number of benzene rings is 1. The van der Waals surface area contributed by atoms with Gasteiger partial charge in [0.15, 0.2) is 5.16 Å². The SMILES string of the molecule is CCC(CNC(=O)CSc1nncn1CC)c1ccccc1. The lowest BCUT2D eigenvalue weighted by molar-refractivity contribution is -0.118. The van der Waals surface area contributed by atoms with Crippen LogP contribution in [0.1, 0.15) is 31.7 Å². The Hall–Kier alpha value is -1.82. The van der Waals surface area contributed by atoms with Crippen LogP contribution in [0.4, 0.5) is 0 Å². The molecule has 0 aliphatic rings. The average molecular weight is 318 g/mol. The largest absolute Gasteiger partial charge is 0.355 e. The Kier molecular flexibility index (Phi) is 6.45. The molecular formula is C16H22N4OS. The summed E-state index contributed by atoms with van der Waals surface area (Å²) in [7, 11) is 0. The molecule has 0 radical (unpaired) electrons. The summed E-state index contributed by atoms with van der Waals surface area (Å²) in [6.45, 7) is 5.64. The van der Waals surface area contributed by atoms with E-state index in [1.54, 1.807) is 6.33 Å². The normalized spacial score (nSPS) is 12.1. The molecule has 0 fully saturated rings. The second kappa shape index (κ2) is 8.58. The van der Waals surface area contributed by atoms with Gasteiger partial charge >= 0.3 is 0 Å². The molecule has 0 bridgehead atoms. The van der Waals surface area contributed by atoms with Crippen molar-refractivity contribution in [2.75, 3.05) is 12.3 Å². The van der Waals surface area contributed by atoms with E-state index in [1.165, 1.54) is 17.3 Å². The number of nitrogens with zero attached hydrogens (tertiary/aromatic N) is 3. The highest BCUT2D eigenvalue weighted by molar-refractivity contribution is 7.99. The molecule has 1 amide bonds. The van der Waals surface area contributed by atoms with Crippen LogP contribution in [0.2, 0.25) is 0 Å². The molecule has 1 aromatic carbocycles. The molecule has 0 aliphatic heterocycles. The van der Waals surface area contributed by atoms with E-state index >= 15 is 0 Å². The monoisotopic (exact) mass is 318 g/mol. The highest BCUT2D eigenvalue weighted by Gasteiger charge is 2.12. The Morgan fingerprint density at radius 1 is 1.32 bits per heavy atom. The zero-order chi connectivity index (χ0) is 15.8. The van der Waals surface area contributed by atoms with Crippen molar-refractivity contribution in [1.82, 2.24) is 20.1 Å². The second-order valence-corrected chi connectivity index (χ2v) is 5.95. The number of amides is 1. The Bertz CT molecular complexity index is 585. The molecule has 22 heavy (non-hydrogen) atoms. The van der Waals surface area contributed by atoms with Crippen molar-refractivity contribution in [2.45, 2.75) is 37.9 Å². The first-order chi connectivity index (χ1) is 10.7. The van der Waals surface area contributed by atoms with E-state index in [1.807, 2.05) is 29.7 Å². The number of aryl methyl sites for hydroxylation is 1. The highest BCUT2D eigenvalue weighted by atomic mass is 32.2. The fraction of sp³-hybridized carbons (Fsp3) is 0.438. The predicted molar refractivity (Wildman–Crippen MR) is 88.9 cm³/mol. The number of carbonyl (C=O) groups is 1. The Morgan fingerprint density at radius 3 is 2.77 bits per heavy atom. The van der Waals surface area contributed by atoms with Gasteiger partial charge in [-0.15, -0.1) is 10.2 Å². The topological polar surface area (TPSA) is 59.8 Å². The Balaban J connectivity index is 1.79. The molecule has 0 spiro atoms. The number of aromatic nitrogens is 3. The number of hydrogen-bond acceptors (Lipinski definition) is 4. The Labute approximate surface area is 135 Å². The fourth-order valence-electron chi connectivity index (χ4n) is 2.21. The quantitative estimate of drug-likeness (QED) is 0.760. The second-order valence-electron chi connectivity index (χ2n) is 5.01. The maximum Gasteiger partial charge on any atom is 0.230 e. The molecule has 0 saturated carbocycles. The molecule has 1 unspecified atom stereocenters. The fourth-order valence-corrected chi connectivity index (χ4v) is 3.02. The van der Waals surface area contributed by atoms with Crippen LogP contribution < -0.4 is 5.32 Å². The molecule has 0 saturated heterocycles. The third-order valence-corrected chi connectivity index (χ3v) is 4.54. The van der Waals surface area contributed by atoms with E-state index < -0.39 is 0 Å². The number of thioether (sulfide) groups is 1. The summed E-state index contributed by atoms with van der Waals surface area (Å²) in [4.78, 5) is 12.0. The molecule has 1 heterocycles. The van der Waals surface area contributed by atoms with Crippen molar-refractivity contribution >= 4 is 17.7 Å². The molecule has 1 atom stereocenters. The standard InChI is InChI=1S/C16H22N4OS/c1-3-13(14-8-6-5-7-9-14)10-17-15(21)11-22-16-19-18-12-20(16)4-2/h5-9,12-13H,3-4,10-11H2,1-2H3,(H,17,21). The van der Waals surface area contributed by atoms with Gasteiger partial charge in [0.1, 0.15) is 6.33 Å². The molecular weight excluding hydrogens is 296 g/mol. The van der Waals surface area contributed by atoms with Gasteiger partial charge in [0.2, 0.25) is 5.91 Å². The first kappa shape index (κ1) is 16.5. The van der Waals surface area contributed by atoms with Crippen LogP contribution in [-0.2, 0) is 11.3 Å². The van der Waals surface area contributed by atoms with Gasteiger partial charge in [0.05, 0.1) is 5.75 Å². The third-order valence-electron chi connectivity index (χ3n) is 3.56. The Morgan fingerprint density at radius 2 is 2.09 bits per heavy atom. The van der Waals surface area contributed by atoms with E-state index in [2.05, 4.69) is 34.6 Å². The summed E-state index contributed by atoms with van der Waals surface area (Å²) < 4.78 is 1.93. The highest BCUT2D eigenvalue weighted by Crippen LogP contribution is 2.18. The average Bonchev–Trinajstić information content (AvgIpc) is 3.02. The maximum atomic E-state index is 12.0. The molecule has 5 nitrogen and oxygen atoms in total. The lowest BCUT2D eigenvalue weighted by Gasteiger charge is -2.16. The van der Waals surface area contributed by atoms with Crippen molar-refractivity contribution < 1.29 is 4.79 Å². The van der Waals surface area contributed by atoms with E-state index in [0.29, 0.717) is 18.2 Å². The van der Waals surface area contributed by atoms with Crippen LogP contribution in [0.15, 0.2) is 41.8 Å². The summed E-state index contributed by atoms with van der Waals surface area (Å²) in [6.07, 6.45) is 2.68. The number of rotatable bonds is 8. The summed E-state index contributed by atoms with van der Waals surface area (Å²) >= 11 is 1.42. The minimum Gasteiger partial charge on any atom is -0.355 e. The minimum absolute atomic E-state index is 0.0324. The molecule has 2 aromatic rings. The zero-order valence-electron chi connectivity index (χ0n) is 13.0. The van der Waals surface area contributed by atoms with Crippen molar-refractivity contribution in [3.8, 4) is 0 Å². The van der Waals surface area contributed by atoms with Gasteiger partial charge in [-0.3, -0.25) is 4.79 Å². The van der Waals surface area contributed by atoms with Crippen molar-refractivity contribution in [3.63, 3.8) is 0 Å². The van der Waals surface area contributed by atoms with Gasteiger partial charge in [-0.25, -0.2) is 0 Å². The van der Waals surface area contributed by atoms with E-state index in [0.717, 1.165) is 18.1 Å². The first-order valence-corrected chi connectivity index (χ1v) is 8.55. The van der Waals surface area contributed by atoms with E-state index in [9.17, 15) is 4.79 Å². The number of hydrogen-bond donors (Lipinski definition) is 1. The maximum absolute atomic E-state index is 12.0. The van der Waals surface area contributed by atoms with Gasteiger partial charge in [0, 0.05) is 19.0 Å². The summed E-state index contributed by atoms with van der Waals surface area (Å²) in [6, 6.07) is 10.3. The minimum atomic E-state index is 0.0324. The molecule has 118 valence electrons. The van der Waals surface area contributed by atoms with Gasteiger partial charge in [-0.1, -0.05) is 49.0 Å². The molecule has 0 aliphatic carbocycles. The van der Waals surface area contributed by atoms with Gasteiger partial charge < -0.3 is 9.88 Å². The number of nitrogens with one attached hydrogen (secondary N) is 1. The molecule has 1 aromatic heterocycles. The zero-order valence-corrected chi connectivity index (χ0v) is 13.8. The molecule has 2 rings (SSSR count). The lowest BCUT2D eigenvalue weighted by Crippen LogP contribution is -2.29. The van der Waals surface area contributed by atoms with Crippen LogP contribution >= 0.6 is 11.8 Å². The smallest absolute Gasteiger partial charge is 0.230 e. The molecule has 1 N–H and O–H groups in total. The van der Waals surface area contributed by atoms with Gasteiger partial charge in [-0.05, 0) is 18.9 Å². The van der Waals surface area contributed by atoms with Crippen molar-refractivity contribution in [1.29, 1.82) is 0 Å². The summed E-state index contributed by atoms with van der Waals surface area (Å²) in [5.74, 6) is 0.753. The van der Waals surface area contributed by atoms with Crippen molar-refractivity contribution in [3.05, 3.63) is 42.2 Å². The van der Waals surface area contributed by atoms with Crippen LogP contribution in [0, 0.1) is 0 Å². The number of carbonyl (C=O) groups excluding carboxylic acids is 1. The van der Waals surface area contributed by atoms with Gasteiger partial charge in [0.25, 0.3) is 0 Å². The first-order valence-electron chi connectivity index (χ1n) is 7.56. The predicted octanol–water partition coefficient (Wildman–Crippen LogP) is 2.70. The lowest BCUT2D eigenvalue weighted by atomic mass is 9.96. The van der Waals surface area contributed by atoms with Crippen LogP contribution in [0.3, 0.4) is 0 Å². The molecule has 6 heteroatoms. The van der Waals surface area contributed by atoms with Crippen LogP contribution in [0.5, 0.6) is 0 Å². The third kappa shape index (κ3) is 4.59. The van der Waals surface area contributed by atoms with Gasteiger partial charge in [-0.2, -0.15) is 0 Å². The summed E-state index contributed by atoms with van der Waals surface area (Å²) in [5, 5.41) is 11.7. The van der Waals surface area contributed by atoms with Crippen molar-refractivity contribution in [2.24, 2.45) is 0 Å². The van der Waals surface area contributed by atoms with E-state index in [4.69, 9.17) is 0 Å². The van der Waals surface area contributed by atoms with Crippen LogP contribution in [-0.4, -0.2) is 33.0 Å². The summed E-state index contributed by atoms with van der Waals surface area (Å²) in [5.41, 5.74) is 1.27.